The van der Waals surface area contributed by atoms with Crippen molar-refractivity contribution in [2.75, 3.05) is 0 Å². The predicted molar refractivity (Wildman–Crippen MR) is 72.8 cm³/mol. The Balaban J connectivity index is 2.22. The fourth-order valence-corrected chi connectivity index (χ4v) is 1.63. The molecule has 19 heavy (non-hydrogen) atoms. The molecule has 0 aliphatic heterocycles. The summed E-state index contributed by atoms with van der Waals surface area (Å²) in [5.41, 5.74) is 1.67. The Morgan fingerprint density at radius 1 is 1.05 bits per heavy atom. The molecular weight excluding hydrogens is 266 g/mol. The van der Waals surface area contributed by atoms with E-state index in [4.69, 9.17) is 11.6 Å². The summed E-state index contributed by atoms with van der Waals surface area (Å²) in [5, 5.41) is 19.2. The maximum absolute atomic E-state index is 10.6. The number of azo groups is 1. The minimum absolute atomic E-state index is 0.268. The average Bonchev–Trinajstić information content (AvgIpc) is 2.39. The van der Waals surface area contributed by atoms with E-state index in [9.17, 15) is 10.1 Å². The van der Waals surface area contributed by atoms with Crippen molar-refractivity contribution in [1.29, 1.82) is 0 Å². The second-order valence-electron chi connectivity index (χ2n) is 3.80. The molecule has 0 fully saturated rings. The zero-order valence-electron chi connectivity index (χ0n) is 9.86. The number of rotatable bonds is 4. The van der Waals surface area contributed by atoms with Gasteiger partial charge in [-0.05, 0) is 30.3 Å². The zero-order chi connectivity index (χ0) is 13.7. The maximum atomic E-state index is 10.6. The Morgan fingerprint density at radius 3 is 2.42 bits per heavy atom. The summed E-state index contributed by atoms with van der Waals surface area (Å²) >= 11 is 5.76. The summed E-state index contributed by atoms with van der Waals surface area (Å²) in [6.45, 7) is -0.268. The third kappa shape index (κ3) is 3.86. The van der Waals surface area contributed by atoms with Crippen LogP contribution in [0.15, 0.2) is 58.8 Å². The Hall–Kier alpha value is -2.27. The Morgan fingerprint density at radius 2 is 1.74 bits per heavy atom. The zero-order valence-corrected chi connectivity index (χ0v) is 10.6. The van der Waals surface area contributed by atoms with Crippen LogP contribution in [0.4, 0.5) is 11.4 Å². The van der Waals surface area contributed by atoms with Gasteiger partial charge in [0.2, 0.25) is 6.54 Å². The van der Waals surface area contributed by atoms with Gasteiger partial charge in [-0.3, -0.25) is 10.1 Å². The summed E-state index contributed by atoms with van der Waals surface area (Å²) in [4.78, 5) is 10.2. The molecule has 0 heterocycles. The van der Waals surface area contributed by atoms with Gasteiger partial charge in [-0.25, -0.2) is 0 Å². The average molecular weight is 276 g/mol. The standard InChI is InChI=1S/C13H10ClN3O2/c14-11-5-7-12(8-6-11)15-16-13-4-2-1-3-10(13)9-17(18)19/h1-8H,9H2. The van der Waals surface area contributed by atoms with Crippen LogP contribution in [-0.4, -0.2) is 4.92 Å². The molecule has 0 aromatic heterocycles. The molecule has 0 saturated heterocycles. The molecule has 0 N–H and O–H groups in total. The third-order valence-corrected chi connectivity index (χ3v) is 2.64. The molecule has 0 saturated carbocycles. The second kappa shape index (κ2) is 6.06. The van der Waals surface area contributed by atoms with Crippen LogP contribution in [0.2, 0.25) is 5.02 Å². The van der Waals surface area contributed by atoms with Gasteiger partial charge in [0.15, 0.2) is 0 Å². The molecule has 96 valence electrons. The quantitative estimate of drug-likeness (QED) is 0.467. The molecule has 5 nitrogen and oxygen atoms in total. The first kappa shape index (κ1) is 13.2. The van der Waals surface area contributed by atoms with Crippen molar-refractivity contribution in [1.82, 2.24) is 0 Å². The number of halogens is 1. The predicted octanol–water partition coefficient (Wildman–Crippen LogP) is 4.53. The van der Waals surface area contributed by atoms with Crippen LogP contribution < -0.4 is 0 Å². The number of hydrogen-bond donors (Lipinski definition) is 0. The number of nitro groups is 1. The van der Waals surface area contributed by atoms with Crippen molar-refractivity contribution >= 4 is 23.0 Å². The summed E-state index contributed by atoms with van der Waals surface area (Å²) < 4.78 is 0. The van der Waals surface area contributed by atoms with Crippen LogP contribution in [0.5, 0.6) is 0 Å². The van der Waals surface area contributed by atoms with E-state index in [2.05, 4.69) is 10.2 Å². The molecule has 0 spiro atoms. The molecule has 0 amide bonds. The van der Waals surface area contributed by atoms with Gasteiger partial charge < -0.3 is 0 Å². The molecule has 2 aromatic rings. The van der Waals surface area contributed by atoms with E-state index < -0.39 is 4.92 Å². The number of nitrogens with zero attached hydrogens (tertiary/aromatic N) is 3. The van der Waals surface area contributed by atoms with Crippen molar-refractivity contribution in [2.45, 2.75) is 6.54 Å². The van der Waals surface area contributed by atoms with E-state index in [-0.39, 0.29) is 6.54 Å². The van der Waals surface area contributed by atoms with E-state index >= 15 is 0 Å². The van der Waals surface area contributed by atoms with Gasteiger partial charge in [0, 0.05) is 15.5 Å². The van der Waals surface area contributed by atoms with Crippen molar-refractivity contribution in [3.05, 3.63) is 69.2 Å². The number of benzene rings is 2. The second-order valence-corrected chi connectivity index (χ2v) is 4.23. The minimum Gasteiger partial charge on any atom is -0.264 e. The lowest BCUT2D eigenvalue weighted by atomic mass is 10.2. The highest BCUT2D eigenvalue weighted by molar-refractivity contribution is 6.30. The summed E-state index contributed by atoms with van der Waals surface area (Å²) in [6, 6.07) is 13.7. The minimum atomic E-state index is -0.392. The van der Waals surface area contributed by atoms with Crippen LogP contribution in [0.3, 0.4) is 0 Å². The highest BCUT2D eigenvalue weighted by atomic mass is 35.5. The van der Waals surface area contributed by atoms with E-state index in [1.165, 1.54) is 0 Å². The van der Waals surface area contributed by atoms with Crippen molar-refractivity contribution in [3.8, 4) is 0 Å². The Kier molecular flexibility index (Phi) is 4.20. The SMILES string of the molecule is O=[N+]([O-])Cc1ccccc1N=Nc1ccc(Cl)cc1. The van der Waals surface area contributed by atoms with Crippen LogP contribution in [0, 0.1) is 10.1 Å². The fraction of sp³-hybridized carbons (Fsp3) is 0.0769. The van der Waals surface area contributed by atoms with Gasteiger partial charge in [0.05, 0.1) is 11.4 Å². The Bertz CT molecular complexity index is 612. The molecular formula is C13H10ClN3O2. The lowest BCUT2D eigenvalue weighted by Crippen LogP contribution is -1.97. The van der Waals surface area contributed by atoms with E-state index in [1.807, 2.05) is 0 Å². The molecule has 2 aromatic carbocycles. The van der Waals surface area contributed by atoms with E-state index in [0.29, 0.717) is 22.0 Å². The van der Waals surface area contributed by atoms with Crippen LogP contribution in [0.25, 0.3) is 0 Å². The Labute approximate surface area is 114 Å². The first-order valence-corrected chi connectivity index (χ1v) is 5.90. The molecule has 6 heteroatoms. The summed E-state index contributed by atoms with van der Waals surface area (Å²) in [6.07, 6.45) is 0. The smallest absolute Gasteiger partial charge is 0.231 e. The normalized spacial score (nSPS) is 10.8. The van der Waals surface area contributed by atoms with Crippen LogP contribution >= 0.6 is 11.6 Å². The highest BCUT2D eigenvalue weighted by Crippen LogP contribution is 2.23. The molecule has 0 atom stereocenters. The van der Waals surface area contributed by atoms with E-state index in [0.717, 1.165) is 0 Å². The largest absolute Gasteiger partial charge is 0.264 e. The van der Waals surface area contributed by atoms with Crippen LogP contribution in [-0.2, 0) is 6.54 Å². The molecule has 0 aliphatic rings. The molecule has 0 radical (unpaired) electrons. The van der Waals surface area contributed by atoms with Crippen LogP contribution in [0.1, 0.15) is 5.56 Å². The monoisotopic (exact) mass is 275 g/mol. The maximum Gasteiger partial charge on any atom is 0.231 e. The first-order chi connectivity index (χ1) is 9.15. The summed E-state index contributed by atoms with van der Waals surface area (Å²) in [7, 11) is 0. The molecule has 0 aliphatic carbocycles. The van der Waals surface area contributed by atoms with Crippen molar-refractivity contribution in [3.63, 3.8) is 0 Å². The summed E-state index contributed by atoms with van der Waals surface area (Å²) in [5.74, 6) is 0. The third-order valence-electron chi connectivity index (χ3n) is 2.39. The van der Waals surface area contributed by atoms with Gasteiger partial charge in [0.1, 0.15) is 0 Å². The van der Waals surface area contributed by atoms with Gasteiger partial charge in [0.25, 0.3) is 0 Å². The van der Waals surface area contributed by atoms with Gasteiger partial charge in [-0.2, -0.15) is 10.2 Å². The van der Waals surface area contributed by atoms with Crippen molar-refractivity contribution in [2.24, 2.45) is 10.2 Å². The lowest BCUT2D eigenvalue weighted by Gasteiger charge is -1.99. The van der Waals surface area contributed by atoms with Gasteiger partial charge in [-0.1, -0.05) is 29.8 Å². The highest BCUT2D eigenvalue weighted by Gasteiger charge is 2.06. The van der Waals surface area contributed by atoms with E-state index in [1.54, 1.807) is 48.5 Å². The topological polar surface area (TPSA) is 67.9 Å². The van der Waals surface area contributed by atoms with Gasteiger partial charge >= 0.3 is 0 Å². The molecule has 0 bridgehead atoms. The number of hydrogen-bond acceptors (Lipinski definition) is 4. The first-order valence-electron chi connectivity index (χ1n) is 5.52. The van der Waals surface area contributed by atoms with Gasteiger partial charge in [-0.15, -0.1) is 0 Å². The fourth-order valence-electron chi connectivity index (χ4n) is 1.50. The molecule has 2 rings (SSSR count). The lowest BCUT2D eigenvalue weighted by molar-refractivity contribution is -0.496. The van der Waals surface area contributed by atoms with Crippen molar-refractivity contribution < 1.29 is 4.92 Å². The molecule has 0 unspecified atom stereocenters.